The smallest absolute Gasteiger partial charge is 0.391 e. The molecular formula is C18H17ClF3N5O. The van der Waals surface area contributed by atoms with Crippen LogP contribution in [0.1, 0.15) is 23.6 Å². The lowest BCUT2D eigenvalue weighted by molar-refractivity contribution is -0.138. The third-order valence-electron chi connectivity index (χ3n) is 4.03. The third kappa shape index (κ3) is 4.53. The highest BCUT2D eigenvalue weighted by atomic mass is 35.5. The summed E-state index contributed by atoms with van der Waals surface area (Å²) < 4.78 is 40.5. The molecule has 28 heavy (non-hydrogen) atoms. The molecule has 1 aliphatic heterocycles. The van der Waals surface area contributed by atoms with Crippen LogP contribution in [0.25, 0.3) is 0 Å². The van der Waals surface area contributed by atoms with E-state index in [9.17, 15) is 13.2 Å². The van der Waals surface area contributed by atoms with E-state index in [-0.39, 0.29) is 24.5 Å². The molecule has 2 aromatic carbocycles. The van der Waals surface area contributed by atoms with Gasteiger partial charge in [0.05, 0.1) is 17.0 Å². The van der Waals surface area contributed by atoms with Gasteiger partial charge in [0.1, 0.15) is 13.3 Å². The topological polar surface area (TPSA) is 52.8 Å². The van der Waals surface area contributed by atoms with Gasteiger partial charge < -0.3 is 4.84 Å². The number of benzene rings is 2. The average Bonchev–Trinajstić information content (AvgIpc) is 3.07. The second-order valence-corrected chi connectivity index (χ2v) is 6.58. The van der Waals surface area contributed by atoms with Crippen LogP contribution in [0.4, 0.5) is 18.9 Å². The van der Waals surface area contributed by atoms with Gasteiger partial charge in [-0.1, -0.05) is 40.2 Å². The molecule has 0 bridgehead atoms. The number of anilines is 1. The molecule has 0 radical (unpaired) electrons. The van der Waals surface area contributed by atoms with Gasteiger partial charge in [0.2, 0.25) is 0 Å². The number of halogens is 4. The molecule has 0 fully saturated rings. The number of oxime groups is 1. The predicted octanol–water partition coefficient (Wildman–Crippen LogP) is 5.29. The van der Waals surface area contributed by atoms with Crippen LogP contribution in [-0.4, -0.2) is 24.4 Å². The lowest BCUT2D eigenvalue weighted by atomic mass is 10.1. The van der Waals surface area contributed by atoms with Crippen molar-refractivity contribution < 1.29 is 18.0 Å². The summed E-state index contributed by atoms with van der Waals surface area (Å²) in [5.41, 5.74) is 0.608. The van der Waals surface area contributed by atoms with Crippen molar-refractivity contribution in [3.8, 4) is 0 Å². The Morgan fingerprint density at radius 3 is 2.61 bits per heavy atom. The molecule has 0 amide bonds. The first kappa shape index (κ1) is 19.9. The molecule has 0 saturated heterocycles. The molecule has 2 aromatic rings. The Kier molecular flexibility index (Phi) is 5.73. The van der Waals surface area contributed by atoms with Crippen molar-refractivity contribution in [3.63, 3.8) is 0 Å². The first-order valence-electron chi connectivity index (χ1n) is 8.27. The summed E-state index contributed by atoms with van der Waals surface area (Å²) in [5.74, 6) is 0. The zero-order valence-corrected chi connectivity index (χ0v) is 15.9. The van der Waals surface area contributed by atoms with Gasteiger partial charge >= 0.3 is 6.18 Å². The Bertz CT molecular complexity index is 916. The number of hydrogen-bond acceptors (Lipinski definition) is 6. The van der Waals surface area contributed by atoms with Gasteiger partial charge in [0, 0.05) is 23.2 Å². The average molecular weight is 412 g/mol. The van der Waals surface area contributed by atoms with Crippen molar-refractivity contribution in [2.45, 2.75) is 19.7 Å². The maximum Gasteiger partial charge on any atom is 0.416 e. The van der Waals surface area contributed by atoms with Crippen LogP contribution in [0.15, 0.2) is 58.1 Å². The Labute approximate surface area is 164 Å². The predicted molar refractivity (Wildman–Crippen MR) is 99.9 cm³/mol. The number of alkyl halides is 3. The van der Waals surface area contributed by atoms with E-state index < -0.39 is 11.7 Å². The molecule has 148 valence electrons. The van der Waals surface area contributed by atoms with Crippen LogP contribution in [-0.2, 0) is 17.6 Å². The van der Waals surface area contributed by atoms with E-state index in [0.29, 0.717) is 16.3 Å². The summed E-state index contributed by atoms with van der Waals surface area (Å²) >= 11 is 5.95. The molecule has 10 heteroatoms. The SMILES string of the molecule is CC(=NOCc1c(N2CN(C)N=N2)cccc1C(F)(F)F)c1cccc(Cl)c1. The minimum absolute atomic E-state index is 0.0631. The Morgan fingerprint density at radius 1 is 1.21 bits per heavy atom. The van der Waals surface area contributed by atoms with Gasteiger partial charge in [0.15, 0.2) is 0 Å². The van der Waals surface area contributed by atoms with Gasteiger partial charge in [-0.05, 0) is 36.4 Å². The molecule has 3 rings (SSSR count). The van der Waals surface area contributed by atoms with E-state index in [1.807, 2.05) is 0 Å². The van der Waals surface area contributed by atoms with E-state index >= 15 is 0 Å². The van der Waals surface area contributed by atoms with Gasteiger partial charge in [-0.15, -0.1) is 0 Å². The van der Waals surface area contributed by atoms with Gasteiger partial charge in [-0.2, -0.15) is 13.2 Å². The highest BCUT2D eigenvalue weighted by Crippen LogP contribution is 2.37. The van der Waals surface area contributed by atoms with Crippen molar-refractivity contribution in [2.24, 2.45) is 15.6 Å². The molecule has 1 aliphatic rings. The van der Waals surface area contributed by atoms with Crippen LogP contribution in [0.5, 0.6) is 0 Å². The summed E-state index contributed by atoms with van der Waals surface area (Å²) in [6.45, 7) is 1.55. The number of nitrogens with zero attached hydrogens (tertiary/aromatic N) is 5. The van der Waals surface area contributed by atoms with Crippen LogP contribution in [0, 0.1) is 0 Å². The molecule has 1 heterocycles. The van der Waals surface area contributed by atoms with Gasteiger partial charge in [-0.3, -0.25) is 5.01 Å². The molecule has 0 aromatic heterocycles. The number of rotatable bonds is 5. The first-order valence-corrected chi connectivity index (χ1v) is 8.65. The molecular weight excluding hydrogens is 395 g/mol. The second kappa shape index (κ2) is 8.05. The minimum Gasteiger partial charge on any atom is -0.391 e. The lowest BCUT2D eigenvalue weighted by Gasteiger charge is -2.20. The molecule has 0 unspecified atom stereocenters. The maximum atomic E-state index is 13.5. The zero-order valence-electron chi connectivity index (χ0n) is 15.1. The van der Waals surface area contributed by atoms with E-state index in [2.05, 4.69) is 15.6 Å². The number of hydrogen-bond donors (Lipinski definition) is 0. The Hall–Kier alpha value is -2.81. The van der Waals surface area contributed by atoms with Crippen molar-refractivity contribution in [1.82, 2.24) is 5.01 Å². The monoisotopic (exact) mass is 411 g/mol. The third-order valence-corrected chi connectivity index (χ3v) is 4.26. The van der Waals surface area contributed by atoms with Crippen molar-refractivity contribution >= 4 is 23.0 Å². The molecule has 0 aliphatic carbocycles. The van der Waals surface area contributed by atoms with Crippen LogP contribution in [0.3, 0.4) is 0 Å². The minimum atomic E-state index is -4.54. The first-order chi connectivity index (χ1) is 13.3. The fourth-order valence-corrected chi connectivity index (χ4v) is 2.88. The zero-order chi connectivity index (χ0) is 20.3. The largest absolute Gasteiger partial charge is 0.416 e. The van der Waals surface area contributed by atoms with E-state index in [4.69, 9.17) is 16.4 Å². The highest BCUT2D eigenvalue weighted by Gasteiger charge is 2.35. The Morgan fingerprint density at radius 2 is 1.96 bits per heavy atom. The van der Waals surface area contributed by atoms with Gasteiger partial charge in [0.25, 0.3) is 0 Å². The molecule has 6 nitrogen and oxygen atoms in total. The normalized spacial score (nSPS) is 14.7. The lowest BCUT2D eigenvalue weighted by Crippen LogP contribution is -2.24. The molecule has 0 spiro atoms. The molecule has 0 atom stereocenters. The summed E-state index contributed by atoms with van der Waals surface area (Å²) in [4.78, 5) is 5.27. The molecule has 0 saturated carbocycles. The fourth-order valence-electron chi connectivity index (χ4n) is 2.68. The molecule has 0 N–H and O–H groups in total. The highest BCUT2D eigenvalue weighted by molar-refractivity contribution is 6.31. The van der Waals surface area contributed by atoms with Crippen molar-refractivity contribution in [1.29, 1.82) is 0 Å². The van der Waals surface area contributed by atoms with E-state index in [1.54, 1.807) is 44.3 Å². The van der Waals surface area contributed by atoms with Crippen LogP contribution >= 0.6 is 11.6 Å². The van der Waals surface area contributed by atoms with Crippen LogP contribution < -0.4 is 5.01 Å². The summed E-state index contributed by atoms with van der Waals surface area (Å²) in [6.07, 6.45) is -4.54. The van der Waals surface area contributed by atoms with Gasteiger partial charge in [-0.25, -0.2) is 5.01 Å². The maximum absolute atomic E-state index is 13.5. The standard InChI is InChI=1S/C18H17ClF3N5O/c1-12(13-5-3-6-14(19)9-13)23-28-10-15-16(18(20,21)22)7-4-8-17(15)27-11-26(2)24-25-27/h3-9H,10-11H2,1-2H3. The fraction of sp³-hybridized carbons (Fsp3) is 0.278. The Balaban J connectivity index is 1.87. The summed E-state index contributed by atoms with van der Waals surface area (Å²) in [7, 11) is 1.67. The van der Waals surface area contributed by atoms with Crippen molar-refractivity contribution in [2.75, 3.05) is 18.7 Å². The van der Waals surface area contributed by atoms with E-state index in [1.165, 1.54) is 16.1 Å². The second-order valence-electron chi connectivity index (χ2n) is 6.14. The van der Waals surface area contributed by atoms with E-state index in [0.717, 1.165) is 6.07 Å². The summed E-state index contributed by atoms with van der Waals surface area (Å²) in [5, 5.41) is 15.0. The van der Waals surface area contributed by atoms with Crippen LogP contribution in [0.2, 0.25) is 5.02 Å². The van der Waals surface area contributed by atoms with Crippen molar-refractivity contribution in [3.05, 3.63) is 64.2 Å². The quantitative estimate of drug-likeness (QED) is 0.496. The summed E-state index contributed by atoms with van der Waals surface area (Å²) in [6, 6.07) is 10.8.